The highest BCUT2D eigenvalue weighted by atomic mass is 16.5. The topological polar surface area (TPSA) is 41.6 Å². The first kappa shape index (κ1) is 18.5. The van der Waals surface area contributed by atoms with Crippen LogP contribution in [0.5, 0.6) is 5.75 Å². The predicted octanol–water partition coefficient (Wildman–Crippen LogP) is 4.64. The molecule has 0 spiro atoms. The van der Waals surface area contributed by atoms with E-state index in [4.69, 9.17) is 4.74 Å². The van der Waals surface area contributed by atoms with Gasteiger partial charge in [-0.3, -0.25) is 4.79 Å². The van der Waals surface area contributed by atoms with Crippen LogP contribution in [-0.4, -0.2) is 25.1 Å². The van der Waals surface area contributed by atoms with Crippen molar-refractivity contribution in [2.75, 3.05) is 18.0 Å². The maximum atomic E-state index is 11.8. The Labute approximate surface area is 173 Å². The van der Waals surface area contributed by atoms with Gasteiger partial charge in [0.25, 0.3) is 0 Å². The lowest BCUT2D eigenvalue weighted by Gasteiger charge is -2.34. The Kier molecular flexibility index (Phi) is 5.17. The highest BCUT2D eigenvalue weighted by molar-refractivity contribution is 5.80. The van der Waals surface area contributed by atoms with Crippen molar-refractivity contribution in [2.24, 2.45) is 5.92 Å². The molecule has 0 radical (unpaired) electrons. The van der Waals surface area contributed by atoms with Gasteiger partial charge in [-0.25, -0.2) is 0 Å². The van der Waals surface area contributed by atoms with E-state index in [0.29, 0.717) is 18.6 Å². The van der Waals surface area contributed by atoms with Crippen molar-refractivity contribution >= 4 is 11.6 Å². The van der Waals surface area contributed by atoms with Crippen molar-refractivity contribution in [2.45, 2.75) is 57.1 Å². The Morgan fingerprint density at radius 1 is 0.897 bits per heavy atom. The molecule has 1 N–H and O–H groups in total. The Balaban J connectivity index is 1.11. The van der Waals surface area contributed by atoms with E-state index < -0.39 is 0 Å². The van der Waals surface area contributed by atoms with E-state index in [1.807, 2.05) is 0 Å². The minimum absolute atomic E-state index is 0.216. The van der Waals surface area contributed by atoms with Gasteiger partial charge in [0.1, 0.15) is 5.75 Å². The van der Waals surface area contributed by atoms with Gasteiger partial charge in [-0.05, 0) is 79.8 Å². The molecule has 1 aliphatic heterocycles. The first-order valence-electron chi connectivity index (χ1n) is 11.1. The van der Waals surface area contributed by atoms with Crippen LogP contribution in [0.2, 0.25) is 0 Å². The fourth-order valence-corrected chi connectivity index (χ4v) is 4.17. The molecule has 4 nitrogen and oxygen atoms in total. The number of rotatable bonds is 7. The standard InChI is InChI=1S/C25H30N2O2/c28-25(21-5-6-21)26-17-18-1-3-19(4-2-18)20-13-15-27(16-14-20)22-7-9-23(10-8-22)29-24-11-12-24/h1-4,7-10,20-21,24H,5-6,11-17H2,(H,26,28). The summed E-state index contributed by atoms with van der Waals surface area (Å²) < 4.78 is 5.86. The molecule has 152 valence electrons. The quantitative estimate of drug-likeness (QED) is 0.749. The van der Waals surface area contributed by atoms with Gasteiger partial charge in [-0.15, -0.1) is 0 Å². The van der Waals surface area contributed by atoms with Crippen molar-refractivity contribution in [3.63, 3.8) is 0 Å². The molecule has 0 aromatic heterocycles. The number of carbonyl (C=O) groups is 1. The van der Waals surface area contributed by atoms with Crippen LogP contribution in [0.1, 0.15) is 55.6 Å². The van der Waals surface area contributed by atoms with Crippen LogP contribution < -0.4 is 15.0 Å². The highest BCUT2D eigenvalue weighted by Crippen LogP contribution is 2.33. The SMILES string of the molecule is O=C(NCc1ccc(C2CCN(c3ccc(OC4CC4)cc3)CC2)cc1)C1CC1. The molecule has 2 saturated carbocycles. The minimum atomic E-state index is 0.216. The van der Waals surface area contributed by atoms with E-state index in [-0.39, 0.29) is 11.8 Å². The fourth-order valence-electron chi connectivity index (χ4n) is 4.17. The number of nitrogens with one attached hydrogen (secondary N) is 1. The lowest BCUT2D eigenvalue weighted by atomic mass is 9.89. The van der Waals surface area contributed by atoms with Crippen LogP contribution in [0.25, 0.3) is 0 Å². The van der Waals surface area contributed by atoms with Crippen molar-refractivity contribution in [3.05, 3.63) is 59.7 Å². The zero-order valence-electron chi connectivity index (χ0n) is 17.0. The van der Waals surface area contributed by atoms with Gasteiger partial charge in [0, 0.05) is 31.2 Å². The van der Waals surface area contributed by atoms with Gasteiger partial charge in [0.15, 0.2) is 0 Å². The third kappa shape index (κ3) is 4.75. The number of carbonyl (C=O) groups excluding carboxylic acids is 1. The van der Waals surface area contributed by atoms with E-state index in [1.165, 1.54) is 42.5 Å². The van der Waals surface area contributed by atoms with Crippen LogP contribution in [0.15, 0.2) is 48.5 Å². The Morgan fingerprint density at radius 2 is 1.59 bits per heavy atom. The van der Waals surface area contributed by atoms with Crippen LogP contribution >= 0.6 is 0 Å². The second-order valence-corrected chi connectivity index (χ2v) is 8.81. The van der Waals surface area contributed by atoms with Crippen molar-refractivity contribution in [1.82, 2.24) is 5.32 Å². The zero-order chi connectivity index (χ0) is 19.6. The van der Waals surface area contributed by atoms with Crippen LogP contribution in [0.4, 0.5) is 5.69 Å². The van der Waals surface area contributed by atoms with E-state index in [9.17, 15) is 4.79 Å². The van der Waals surface area contributed by atoms with Gasteiger partial charge in [0.05, 0.1) is 6.10 Å². The molecule has 2 aromatic carbocycles. The molecule has 3 aliphatic rings. The molecule has 5 rings (SSSR count). The first-order chi connectivity index (χ1) is 14.2. The summed E-state index contributed by atoms with van der Waals surface area (Å²) in [5, 5.41) is 3.05. The molecule has 1 heterocycles. The fraction of sp³-hybridized carbons (Fsp3) is 0.480. The number of ether oxygens (including phenoxy) is 1. The van der Waals surface area contributed by atoms with Gasteiger partial charge < -0.3 is 15.0 Å². The maximum Gasteiger partial charge on any atom is 0.223 e. The van der Waals surface area contributed by atoms with Crippen molar-refractivity contribution in [3.8, 4) is 5.75 Å². The summed E-state index contributed by atoms with van der Waals surface area (Å²) in [4.78, 5) is 14.3. The normalized spacial score (nSPS) is 19.8. The van der Waals surface area contributed by atoms with E-state index in [1.54, 1.807) is 0 Å². The summed E-state index contributed by atoms with van der Waals surface area (Å²) >= 11 is 0. The lowest BCUT2D eigenvalue weighted by Crippen LogP contribution is -2.32. The number of nitrogens with zero attached hydrogens (tertiary/aromatic N) is 1. The molecule has 1 saturated heterocycles. The molecule has 3 fully saturated rings. The minimum Gasteiger partial charge on any atom is -0.490 e. The molecule has 4 heteroatoms. The number of amides is 1. The van der Waals surface area contributed by atoms with Crippen LogP contribution in [0, 0.1) is 5.92 Å². The average Bonchev–Trinajstić information content (AvgIpc) is 3.68. The molecule has 2 aliphatic carbocycles. The van der Waals surface area contributed by atoms with Gasteiger partial charge in [0.2, 0.25) is 5.91 Å². The number of benzene rings is 2. The predicted molar refractivity (Wildman–Crippen MR) is 115 cm³/mol. The van der Waals surface area contributed by atoms with Crippen LogP contribution in [-0.2, 0) is 11.3 Å². The third-order valence-electron chi connectivity index (χ3n) is 6.39. The van der Waals surface area contributed by atoms with Gasteiger partial charge >= 0.3 is 0 Å². The van der Waals surface area contributed by atoms with E-state index in [0.717, 1.165) is 31.7 Å². The Hall–Kier alpha value is -2.49. The molecule has 2 aromatic rings. The second-order valence-electron chi connectivity index (χ2n) is 8.81. The zero-order valence-corrected chi connectivity index (χ0v) is 17.0. The van der Waals surface area contributed by atoms with Gasteiger partial charge in [-0.1, -0.05) is 24.3 Å². The lowest BCUT2D eigenvalue weighted by molar-refractivity contribution is -0.122. The van der Waals surface area contributed by atoms with Crippen molar-refractivity contribution in [1.29, 1.82) is 0 Å². The molecule has 0 atom stereocenters. The molecule has 0 unspecified atom stereocenters. The molecule has 0 bridgehead atoms. The molecular weight excluding hydrogens is 360 g/mol. The average molecular weight is 391 g/mol. The number of anilines is 1. The summed E-state index contributed by atoms with van der Waals surface area (Å²) in [6.45, 7) is 2.83. The summed E-state index contributed by atoms with van der Waals surface area (Å²) in [5.74, 6) is 2.12. The van der Waals surface area contributed by atoms with Gasteiger partial charge in [-0.2, -0.15) is 0 Å². The number of hydrogen-bond acceptors (Lipinski definition) is 3. The summed E-state index contributed by atoms with van der Waals surface area (Å²) in [6.07, 6.45) is 7.33. The summed E-state index contributed by atoms with van der Waals surface area (Å²) in [7, 11) is 0. The second kappa shape index (κ2) is 8.10. The smallest absolute Gasteiger partial charge is 0.223 e. The largest absolute Gasteiger partial charge is 0.490 e. The first-order valence-corrected chi connectivity index (χ1v) is 11.1. The summed E-state index contributed by atoms with van der Waals surface area (Å²) in [5.41, 5.74) is 3.91. The van der Waals surface area contributed by atoms with E-state index >= 15 is 0 Å². The molecular formula is C25H30N2O2. The van der Waals surface area contributed by atoms with Crippen molar-refractivity contribution < 1.29 is 9.53 Å². The Bertz CT molecular complexity index is 830. The summed E-state index contributed by atoms with van der Waals surface area (Å²) in [6, 6.07) is 17.5. The van der Waals surface area contributed by atoms with Crippen LogP contribution in [0.3, 0.4) is 0 Å². The highest BCUT2D eigenvalue weighted by Gasteiger charge is 2.29. The molecule has 29 heavy (non-hydrogen) atoms. The third-order valence-corrected chi connectivity index (χ3v) is 6.39. The monoisotopic (exact) mass is 390 g/mol. The number of hydrogen-bond donors (Lipinski definition) is 1. The van der Waals surface area contributed by atoms with E-state index in [2.05, 4.69) is 58.7 Å². The Morgan fingerprint density at radius 3 is 2.21 bits per heavy atom. The number of piperidine rings is 1. The maximum absolute atomic E-state index is 11.8. The molecule has 1 amide bonds.